The second-order valence-corrected chi connectivity index (χ2v) is 20.2. The lowest BCUT2D eigenvalue weighted by atomic mass is 10.0. The number of likely N-dealkylation sites (N-methyl/N-ethyl adjacent to an activating group) is 1. The van der Waals surface area contributed by atoms with Crippen LogP contribution in [-0.4, -0.2) is 134 Å². The Labute approximate surface area is 461 Å². The fourth-order valence-corrected chi connectivity index (χ4v) is 10.5. The first-order valence-electron chi connectivity index (χ1n) is 25.4. The summed E-state index contributed by atoms with van der Waals surface area (Å²) >= 11 is 14.0. The molecule has 4 N–H and O–H groups in total. The molecule has 10 rings (SSSR count). The summed E-state index contributed by atoms with van der Waals surface area (Å²) in [5, 5.41) is 15.4. The number of halogens is 2. The van der Waals surface area contributed by atoms with E-state index in [1.165, 1.54) is 18.3 Å². The number of fused-ring (bicyclic) bond motifs is 2. The summed E-state index contributed by atoms with van der Waals surface area (Å²) in [5.74, 6) is 0.881. The van der Waals surface area contributed by atoms with Gasteiger partial charge in [-0.2, -0.15) is 0 Å². The highest BCUT2D eigenvalue weighted by Gasteiger charge is 2.29. The van der Waals surface area contributed by atoms with E-state index in [4.69, 9.17) is 52.6 Å². The zero-order valence-electron chi connectivity index (χ0n) is 44.3. The lowest BCUT2D eigenvalue weighted by Gasteiger charge is -2.38. The number of ether oxygens (including phenoxy) is 2. The molecule has 2 aromatic carbocycles. The van der Waals surface area contributed by atoms with E-state index in [0.717, 1.165) is 83.6 Å². The summed E-state index contributed by atoms with van der Waals surface area (Å²) in [6, 6.07) is 15.6. The molecule has 8 heterocycles. The number of methoxy groups -OCH3 is 2. The van der Waals surface area contributed by atoms with Crippen LogP contribution in [0.1, 0.15) is 18.5 Å². The van der Waals surface area contributed by atoms with Crippen molar-refractivity contribution in [1.29, 1.82) is 0 Å². The van der Waals surface area contributed by atoms with Crippen molar-refractivity contribution >= 4 is 103 Å². The zero-order valence-corrected chi connectivity index (χ0v) is 45.8. The molecule has 78 heavy (non-hydrogen) atoms. The minimum absolute atomic E-state index is 0.121. The molecular weight excluding hydrogens is 1030 g/mol. The molecule has 0 bridgehead atoms. The molecule has 2 saturated heterocycles. The number of hydrogen-bond acceptors (Lipinski definition) is 16. The fourth-order valence-electron chi connectivity index (χ4n) is 10.0. The predicted molar refractivity (Wildman–Crippen MR) is 310 cm³/mol. The molecule has 0 aliphatic carbocycles. The largest absolute Gasteiger partial charge is 0.494 e. The Morgan fingerprint density at radius 3 is 1.72 bits per heavy atom. The smallest absolute Gasteiger partial charge is 0.247 e. The van der Waals surface area contributed by atoms with Gasteiger partial charge in [0.15, 0.2) is 0 Å². The Morgan fingerprint density at radius 1 is 0.667 bits per heavy atom. The highest BCUT2D eigenvalue weighted by molar-refractivity contribution is 6.34. The summed E-state index contributed by atoms with van der Waals surface area (Å²) < 4.78 is 15.8. The molecule has 2 amide bonds. The Hall–Kier alpha value is -8.30. The van der Waals surface area contributed by atoms with E-state index in [2.05, 4.69) is 78.1 Å². The molecule has 8 aromatic rings. The molecule has 20 nitrogen and oxygen atoms in total. The highest BCUT2D eigenvalue weighted by atomic mass is 35.5. The van der Waals surface area contributed by atoms with Gasteiger partial charge in [-0.1, -0.05) is 36.4 Å². The summed E-state index contributed by atoms with van der Waals surface area (Å²) in [7, 11) is 11.2. The summed E-state index contributed by atoms with van der Waals surface area (Å²) in [6.45, 7) is 12.4. The number of nitrogens with zero attached hydrogens (tertiary/aromatic N) is 12. The number of aromatic nitrogens is 8. The zero-order chi connectivity index (χ0) is 54.8. The van der Waals surface area contributed by atoms with Gasteiger partial charge in [-0.3, -0.25) is 14.5 Å². The van der Waals surface area contributed by atoms with Crippen LogP contribution in [0, 0.1) is 0 Å². The third-order valence-electron chi connectivity index (χ3n) is 14.3. The van der Waals surface area contributed by atoms with Gasteiger partial charge >= 0.3 is 0 Å². The van der Waals surface area contributed by atoms with Crippen molar-refractivity contribution in [3.8, 4) is 34.0 Å². The lowest BCUT2D eigenvalue weighted by Crippen LogP contribution is -2.44. The monoisotopic (exact) mass is 1090 g/mol. The molecule has 0 unspecified atom stereocenters. The van der Waals surface area contributed by atoms with E-state index >= 15 is 0 Å². The van der Waals surface area contributed by atoms with Crippen molar-refractivity contribution in [2.75, 3.05) is 98.7 Å². The molecule has 2 aliphatic heterocycles. The van der Waals surface area contributed by atoms with Gasteiger partial charge in [0.2, 0.25) is 23.7 Å². The van der Waals surface area contributed by atoms with Crippen molar-refractivity contribution < 1.29 is 19.1 Å². The van der Waals surface area contributed by atoms with Crippen molar-refractivity contribution in [1.82, 2.24) is 48.8 Å². The van der Waals surface area contributed by atoms with Crippen LogP contribution in [0.25, 0.3) is 44.6 Å². The molecule has 6 aromatic heterocycles. The van der Waals surface area contributed by atoms with Crippen LogP contribution >= 0.6 is 23.2 Å². The predicted octanol–water partition coefficient (Wildman–Crippen LogP) is 9.29. The minimum Gasteiger partial charge on any atom is -0.494 e. The Morgan fingerprint density at radius 2 is 1.18 bits per heavy atom. The minimum atomic E-state index is -0.369. The number of piperazine rings is 1. The van der Waals surface area contributed by atoms with Crippen LogP contribution in [0.5, 0.6) is 11.5 Å². The van der Waals surface area contributed by atoms with E-state index in [0.29, 0.717) is 81.0 Å². The van der Waals surface area contributed by atoms with Gasteiger partial charge in [0.1, 0.15) is 22.8 Å². The number of carbonyl (C=O) groups is 2. The van der Waals surface area contributed by atoms with Crippen molar-refractivity contribution in [2.24, 2.45) is 14.1 Å². The van der Waals surface area contributed by atoms with Gasteiger partial charge in [0.25, 0.3) is 0 Å². The number of hydrogen-bond donors (Lipinski definition) is 4. The average Bonchev–Trinajstić information content (AvgIpc) is 4.13. The molecule has 2 aliphatic rings. The number of piperidine rings is 1. The first-order chi connectivity index (χ1) is 37.7. The maximum atomic E-state index is 13.0. The first-order valence-corrected chi connectivity index (χ1v) is 26.1. The average molecular weight is 1090 g/mol. The van der Waals surface area contributed by atoms with Crippen LogP contribution in [0.3, 0.4) is 0 Å². The maximum absolute atomic E-state index is 13.0. The maximum Gasteiger partial charge on any atom is 0.247 e. The number of amides is 2. The molecule has 0 spiro atoms. The Kier molecular flexibility index (Phi) is 15.5. The molecule has 22 heteroatoms. The molecule has 2 fully saturated rings. The Bertz CT molecular complexity index is 3600. The fraction of sp³-hybridized carbons (Fsp3) is 0.286. The van der Waals surface area contributed by atoms with Gasteiger partial charge in [0.05, 0.1) is 81.7 Å². The second kappa shape index (κ2) is 22.7. The third-order valence-corrected chi connectivity index (χ3v) is 15.0. The molecule has 0 radical (unpaired) electrons. The van der Waals surface area contributed by atoms with Crippen LogP contribution in [0.2, 0.25) is 10.0 Å². The van der Waals surface area contributed by atoms with Gasteiger partial charge in [-0.15, -0.1) is 0 Å². The van der Waals surface area contributed by atoms with Crippen LogP contribution in [0.4, 0.5) is 46.0 Å². The van der Waals surface area contributed by atoms with E-state index in [1.807, 2.05) is 84.2 Å². The number of carbonyl (C=O) groups excluding carboxylic acids is 2. The van der Waals surface area contributed by atoms with Crippen molar-refractivity contribution in [3.63, 3.8) is 0 Å². The lowest BCUT2D eigenvalue weighted by molar-refractivity contribution is -0.112. The van der Waals surface area contributed by atoms with E-state index in [9.17, 15) is 9.59 Å². The SMILES string of the molecule is C=CC(=O)Nc1cc(Nc2ncc(Cl)c(-c3cnc4c(ccn4C)c3)n2)c(OC)cc1N1CCC(N(C)Cc2nc(Nc3cc(NC(=O)C=C)c(N4CCN(C)CC4)cc3OC)nc(-c3cnc4c(ccn4C)c3)c2Cl)CC1. The van der Waals surface area contributed by atoms with Crippen LogP contribution < -0.4 is 40.5 Å². The molecular formula is C56H60Cl2N16O4. The van der Waals surface area contributed by atoms with E-state index in [1.54, 1.807) is 26.6 Å². The van der Waals surface area contributed by atoms with E-state index in [-0.39, 0.29) is 29.8 Å². The highest BCUT2D eigenvalue weighted by Crippen LogP contribution is 2.42. The quantitative estimate of drug-likeness (QED) is 0.0628. The number of benzene rings is 2. The number of rotatable bonds is 17. The van der Waals surface area contributed by atoms with Gasteiger partial charge in [0, 0.05) is 125 Å². The molecule has 0 atom stereocenters. The number of aryl methyl sites for hydroxylation is 2. The number of anilines is 8. The Balaban J connectivity index is 0.912. The third kappa shape index (κ3) is 11.1. The summed E-state index contributed by atoms with van der Waals surface area (Å²) in [4.78, 5) is 63.5. The topological polar surface area (TPSA) is 201 Å². The molecule has 402 valence electrons. The normalized spacial score (nSPS) is 14.2. The van der Waals surface area contributed by atoms with E-state index < -0.39 is 0 Å². The van der Waals surface area contributed by atoms with Crippen LogP contribution in [-0.2, 0) is 30.2 Å². The van der Waals surface area contributed by atoms with Crippen molar-refractivity contribution in [3.05, 3.63) is 121 Å². The van der Waals surface area contributed by atoms with Gasteiger partial charge in [-0.25, -0.2) is 29.9 Å². The van der Waals surface area contributed by atoms with Gasteiger partial charge < -0.3 is 54.6 Å². The standard InChI is InChI=1S/C56H60Cl2N16O4/c1-9-48(75)62-39-25-41(64-55-61-31-38(57)51(67-55)35-23-33-11-15-70(4)53(33)59-29-35)46(77-7)27-44(39)73-17-13-37(14-18-73)72(6)32-43-50(58)52(36-24-34-12-16-71(5)54(34)60-30-36)68-56(66-43)65-42-26-40(63-49(76)10-2)45(28-47(42)78-8)74-21-19-69(3)20-22-74/h9-12,15-16,23-31,37H,1-2,13-14,17-22,32H2,3-8H3,(H,62,75)(H,63,76)(H,61,64,67)(H,65,66,68). The summed E-state index contributed by atoms with van der Waals surface area (Å²) in [6.07, 6.45) is 13.0. The molecule has 0 saturated carbocycles. The second-order valence-electron chi connectivity index (χ2n) is 19.4. The van der Waals surface area contributed by atoms with Gasteiger partial charge in [-0.05, 0) is 75.5 Å². The number of pyridine rings is 2. The van der Waals surface area contributed by atoms with Crippen molar-refractivity contribution in [2.45, 2.75) is 25.4 Å². The number of nitrogens with one attached hydrogen (secondary N) is 4. The summed E-state index contributed by atoms with van der Waals surface area (Å²) in [5.41, 5.74) is 8.53. The first kappa shape index (κ1) is 53.1. The van der Waals surface area contributed by atoms with Crippen LogP contribution in [0.15, 0.2) is 105 Å².